The molecule has 0 saturated carbocycles. The number of rotatable bonds is 2. The molecule has 18 heavy (non-hydrogen) atoms. The van der Waals surface area contributed by atoms with E-state index in [-0.39, 0.29) is 11.6 Å². The summed E-state index contributed by atoms with van der Waals surface area (Å²) in [6.45, 7) is 0. The maximum Gasteiger partial charge on any atom is 0.255 e. The van der Waals surface area contributed by atoms with Crippen LogP contribution in [0.3, 0.4) is 0 Å². The summed E-state index contributed by atoms with van der Waals surface area (Å²) >= 11 is 3.33. The molecule has 0 saturated heterocycles. The van der Waals surface area contributed by atoms with Crippen LogP contribution in [0.2, 0.25) is 0 Å². The van der Waals surface area contributed by atoms with Crippen LogP contribution in [0.4, 0.5) is 5.69 Å². The van der Waals surface area contributed by atoms with Gasteiger partial charge in [0.2, 0.25) is 0 Å². The number of nitrogens with zero attached hydrogens (tertiary/aromatic N) is 2. The van der Waals surface area contributed by atoms with Gasteiger partial charge in [-0.25, -0.2) is 4.98 Å². The molecule has 5 heteroatoms. The Morgan fingerprint density at radius 3 is 2.89 bits per heavy atom. The number of amides is 1. The molecule has 0 atom stereocenters. The molecular formula is C13H8BrN3O. The van der Waals surface area contributed by atoms with Crippen molar-refractivity contribution >= 4 is 27.5 Å². The number of halogens is 1. The Kier molecular flexibility index (Phi) is 3.70. The van der Waals surface area contributed by atoms with Gasteiger partial charge in [0.25, 0.3) is 5.91 Å². The van der Waals surface area contributed by atoms with E-state index in [1.165, 1.54) is 12.3 Å². The summed E-state index contributed by atoms with van der Waals surface area (Å²) in [5.41, 5.74) is 1.31. The average molecular weight is 302 g/mol. The summed E-state index contributed by atoms with van der Waals surface area (Å²) in [7, 11) is 0. The van der Waals surface area contributed by atoms with Crippen LogP contribution in [0.1, 0.15) is 16.1 Å². The molecule has 4 nitrogen and oxygen atoms in total. The van der Waals surface area contributed by atoms with Gasteiger partial charge in [-0.15, -0.1) is 0 Å². The van der Waals surface area contributed by atoms with E-state index < -0.39 is 0 Å². The summed E-state index contributed by atoms with van der Waals surface area (Å²) in [6, 6.07) is 12.2. The maximum atomic E-state index is 11.9. The molecule has 2 rings (SSSR count). The second kappa shape index (κ2) is 5.43. The number of hydrogen-bond donors (Lipinski definition) is 1. The van der Waals surface area contributed by atoms with E-state index in [0.29, 0.717) is 11.3 Å². The lowest BCUT2D eigenvalue weighted by Crippen LogP contribution is -2.12. The van der Waals surface area contributed by atoms with Crippen LogP contribution >= 0.6 is 15.9 Å². The summed E-state index contributed by atoms with van der Waals surface area (Å²) in [6.07, 6.45) is 1.44. The summed E-state index contributed by atoms with van der Waals surface area (Å²) in [5.74, 6) is -0.271. The molecule has 0 fully saturated rings. The van der Waals surface area contributed by atoms with Crippen molar-refractivity contribution in [1.82, 2.24) is 4.98 Å². The van der Waals surface area contributed by atoms with Crippen molar-refractivity contribution in [3.8, 4) is 6.07 Å². The van der Waals surface area contributed by atoms with Crippen LogP contribution in [0.5, 0.6) is 0 Å². The van der Waals surface area contributed by atoms with Gasteiger partial charge in [-0.3, -0.25) is 4.79 Å². The molecule has 2 aromatic rings. The molecule has 88 valence electrons. The highest BCUT2D eigenvalue weighted by molar-refractivity contribution is 9.10. The highest BCUT2D eigenvalue weighted by atomic mass is 79.9. The molecule has 0 aliphatic carbocycles. The molecule has 0 unspecified atom stereocenters. The van der Waals surface area contributed by atoms with Crippen molar-refractivity contribution < 1.29 is 4.79 Å². The Labute approximate surface area is 112 Å². The van der Waals surface area contributed by atoms with Crippen molar-refractivity contribution in [3.63, 3.8) is 0 Å². The van der Waals surface area contributed by atoms with Gasteiger partial charge < -0.3 is 5.32 Å². The second-order valence-electron chi connectivity index (χ2n) is 3.51. The highest BCUT2D eigenvalue weighted by Gasteiger charge is 2.07. The monoisotopic (exact) mass is 301 g/mol. The number of nitrogens with one attached hydrogen (secondary N) is 1. The van der Waals surface area contributed by atoms with Crippen LogP contribution in [0.25, 0.3) is 0 Å². The summed E-state index contributed by atoms with van der Waals surface area (Å²) in [5, 5.41) is 11.5. The third kappa shape index (κ3) is 2.93. The fourth-order valence-electron chi connectivity index (χ4n) is 1.40. The van der Waals surface area contributed by atoms with Gasteiger partial charge in [0.05, 0.1) is 0 Å². The minimum atomic E-state index is -0.271. The number of pyridine rings is 1. The fraction of sp³-hybridized carbons (Fsp3) is 0. The van der Waals surface area contributed by atoms with Gasteiger partial charge in [0.1, 0.15) is 11.8 Å². The number of hydrogen-bond acceptors (Lipinski definition) is 3. The van der Waals surface area contributed by atoms with Crippen LogP contribution in [0, 0.1) is 11.3 Å². The molecule has 1 aromatic carbocycles. The van der Waals surface area contributed by atoms with Crippen molar-refractivity contribution in [2.75, 3.05) is 5.32 Å². The Morgan fingerprint density at radius 1 is 1.33 bits per heavy atom. The molecule has 1 heterocycles. The maximum absolute atomic E-state index is 11.9. The van der Waals surface area contributed by atoms with Crippen LogP contribution in [-0.4, -0.2) is 10.9 Å². The Hall–Kier alpha value is -2.19. The molecular weight excluding hydrogens is 294 g/mol. The third-order valence-electron chi connectivity index (χ3n) is 2.22. The molecule has 0 aliphatic rings. The second-order valence-corrected chi connectivity index (χ2v) is 4.42. The number of nitriles is 1. The topological polar surface area (TPSA) is 65.8 Å². The third-order valence-corrected chi connectivity index (χ3v) is 2.71. The standard InChI is InChI=1S/C13H8BrN3O/c14-10-2-1-3-11(7-10)17-13(18)9-4-5-16-12(6-9)8-15/h1-7H,(H,17,18). The van der Waals surface area contributed by atoms with Gasteiger partial charge in [0, 0.05) is 21.9 Å². The van der Waals surface area contributed by atoms with E-state index >= 15 is 0 Å². The molecule has 1 aromatic heterocycles. The lowest BCUT2D eigenvalue weighted by molar-refractivity contribution is 0.102. The lowest BCUT2D eigenvalue weighted by Gasteiger charge is -2.05. The first kappa shape index (κ1) is 12.3. The fourth-order valence-corrected chi connectivity index (χ4v) is 1.80. The lowest BCUT2D eigenvalue weighted by atomic mass is 10.2. The number of aromatic nitrogens is 1. The van der Waals surface area contributed by atoms with Gasteiger partial charge >= 0.3 is 0 Å². The number of carbonyl (C=O) groups excluding carboxylic acids is 1. The van der Waals surface area contributed by atoms with E-state index in [1.54, 1.807) is 18.2 Å². The van der Waals surface area contributed by atoms with Gasteiger partial charge in [-0.2, -0.15) is 5.26 Å². The zero-order chi connectivity index (χ0) is 13.0. The smallest absolute Gasteiger partial charge is 0.255 e. The first-order chi connectivity index (χ1) is 8.69. The minimum absolute atomic E-state index is 0.219. The number of carbonyl (C=O) groups is 1. The molecule has 1 amide bonds. The predicted octanol–water partition coefficient (Wildman–Crippen LogP) is 2.97. The van der Waals surface area contributed by atoms with Crippen LogP contribution < -0.4 is 5.32 Å². The minimum Gasteiger partial charge on any atom is -0.322 e. The quantitative estimate of drug-likeness (QED) is 0.927. The van der Waals surface area contributed by atoms with Gasteiger partial charge in [-0.1, -0.05) is 22.0 Å². The Morgan fingerprint density at radius 2 is 2.17 bits per heavy atom. The molecule has 0 aliphatic heterocycles. The van der Waals surface area contributed by atoms with Crippen LogP contribution in [0.15, 0.2) is 47.1 Å². The highest BCUT2D eigenvalue weighted by Crippen LogP contribution is 2.16. The number of anilines is 1. The van der Waals surface area contributed by atoms with Crippen molar-refractivity contribution in [2.24, 2.45) is 0 Å². The van der Waals surface area contributed by atoms with E-state index in [9.17, 15) is 4.79 Å². The molecule has 1 N–H and O–H groups in total. The van der Waals surface area contributed by atoms with Gasteiger partial charge in [-0.05, 0) is 30.3 Å². The first-order valence-electron chi connectivity index (χ1n) is 5.12. The zero-order valence-corrected chi connectivity index (χ0v) is 10.8. The zero-order valence-electron chi connectivity index (χ0n) is 9.22. The summed E-state index contributed by atoms with van der Waals surface area (Å²) < 4.78 is 0.882. The van der Waals surface area contributed by atoms with Gasteiger partial charge in [0.15, 0.2) is 0 Å². The van der Waals surface area contributed by atoms with Crippen LogP contribution in [-0.2, 0) is 0 Å². The molecule has 0 spiro atoms. The predicted molar refractivity (Wildman–Crippen MR) is 71.0 cm³/mol. The largest absolute Gasteiger partial charge is 0.322 e. The Bertz CT molecular complexity index is 634. The SMILES string of the molecule is N#Cc1cc(C(=O)Nc2cccc(Br)c2)ccn1. The first-order valence-corrected chi connectivity index (χ1v) is 5.91. The summed E-state index contributed by atoms with van der Waals surface area (Å²) in [4.78, 5) is 15.7. The van der Waals surface area contributed by atoms with E-state index in [4.69, 9.17) is 5.26 Å². The Balaban J connectivity index is 2.20. The molecule has 0 bridgehead atoms. The van der Waals surface area contributed by atoms with Crippen molar-refractivity contribution in [1.29, 1.82) is 5.26 Å². The molecule has 0 radical (unpaired) electrons. The average Bonchev–Trinajstić information content (AvgIpc) is 2.39. The van der Waals surface area contributed by atoms with E-state index in [1.807, 2.05) is 18.2 Å². The van der Waals surface area contributed by atoms with E-state index in [2.05, 4.69) is 26.2 Å². The normalized spacial score (nSPS) is 9.56. The van der Waals surface area contributed by atoms with Crippen molar-refractivity contribution in [2.45, 2.75) is 0 Å². The van der Waals surface area contributed by atoms with Crippen molar-refractivity contribution in [3.05, 3.63) is 58.3 Å². The van der Waals surface area contributed by atoms with E-state index in [0.717, 1.165) is 4.47 Å². The number of benzene rings is 1.